The first kappa shape index (κ1) is 9.87. The van der Waals surface area contributed by atoms with E-state index in [1.165, 1.54) is 0 Å². The van der Waals surface area contributed by atoms with E-state index in [2.05, 4.69) is 6.07 Å². The fraction of sp³-hybridized carbons (Fsp3) is 0.889. The summed E-state index contributed by atoms with van der Waals surface area (Å²) in [4.78, 5) is 2.03. The molecule has 2 unspecified atom stereocenters. The van der Waals surface area contributed by atoms with E-state index in [9.17, 15) is 0 Å². The standard InChI is InChI=1S/C9H15N3O2/c1-6-13-9(14-6)12-3-2-8(11)7(4-10)5-12/h6-9H,2-3,5,11H2,1H3. The smallest absolute Gasteiger partial charge is 0.223 e. The average molecular weight is 197 g/mol. The van der Waals surface area contributed by atoms with Gasteiger partial charge in [0.2, 0.25) is 6.41 Å². The maximum atomic E-state index is 8.87. The molecule has 2 atom stereocenters. The normalized spacial score (nSPS) is 44.1. The van der Waals surface area contributed by atoms with Gasteiger partial charge in [-0.2, -0.15) is 5.26 Å². The molecule has 2 aliphatic heterocycles. The van der Waals surface area contributed by atoms with Gasteiger partial charge in [-0.15, -0.1) is 0 Å². The molecule has 0 radical (unpaired) electrons. The van der Waals surface area contributed by atoms with Crippen LogP contribution in [0.2, 0.25) is 0 Å². The van der Waals surface area contributed by atoms with Crippen LogP contribution in [0.1, 0.15) is 13.3 Å². The summed E-state index contributed by atoms with van der Waals surface area (Å²) in [5.74, 6) is -0.105. The molecule has 2 rings (SSSR count). The zero-order valence-corrected chi connectivity index (χ0v) is 8.22. The summed E-state index contributed by atoms with van der Waals surface area (Å²) < 4.78 is 10.7. The summed E-state index contributed by atoms with van der Waals surface area (Å²) in [6.07, 6.45) is 0.458. The molecule has 5 heteroatoms. The molecule has 5 nitrogen and oxygen atoms in total. The van der Waals surface area contributed by atoms with Crippen molar-refractivity contribution >= 4 is 0 Å². The van der Waals surface area contributed by atoms with Crippen LogP contribution < -0.4 is 5.73 Å². The van der Waals surface area contributed by atoms with Gasteiger partial charge in [0, 0.05) is 19.1 Å². The predicted molar refractivity (Wildman–Crippen MR) is 48.7 cm³/mol. The quantitative estimate of drug-likeness (QED) is 0.632. The lowest BCUT2D eigenvalue weighted by atomic mass is 9.94. The van der Waals surface area contributed by atoms with E-state index in [1.54, 1.807) is 0 Å². The van der Waals surface area contributed by atoms with Crippen molar-refractivity contribution < 1.29 is 9.47 Å². The van der Waals surface area contributed by atoms with Crippen LogP contribution >= 0.6 is 0 Å². The molecule has 78 valence electrons. The number of piperidine rings is 1. The van der Waals surface area contributed by atoms with Gasteiger partial charge in [0.15, 0.2) is 6.29 Å². The Morgan fingerprint density at radius 3 is 2.79 bits per heavy atom. The number of ether oxygens (including phenoxy) is 2. The second-order valence-electron chi connectivity index (χ2n) is 3.83. The number of hydrogen-bond donors (Lipinski definition) is 1. The largest absolute Gasteiger partial charge is 0.326 e. The maximum Gasteiger partial charge on any atom is 0.223 e. The van der Waals surface area contributed by atoms with E-state index in [-0.39, 0.29) is 24.7 Å². The summed E-state index contributed by atoms with van der Waals surface area (Å²) in [5, 5.41) is 8.87. The van der Waals surface area contributed by atoms with Crippen molar-refractivity contribution in [3.8, 4) is 6.07 Å². The molecule has 0 aromatic rings. The van der Waals surface area contributed by atoms with Gasteiger partial charge in [0.05, 0.1) is 12.0 Å². The summed E-state index contributed by atoms with van der Waals surface area (Å²) in [6, 6.07) is 2.21. The molecule has 2 N–H and O–H groups in total. The Bertz CT molecular complexity index is 247. The van der Waals surface area contributed by atoms with E-state index >= 15 is 0 Å². The monoisotopic (exact) mass is 197 g/mol. The second kappa shape index (κ2) is 3.83. The van der Waals surface area contributed by atoms with Gasteiger partial charge < -0.3 is 15.2 Å². The fourth-order valence-corrected chi connectivity index (χ4v) is 1.83. The lowest BCUT2D eigenvalue weighted by molar-refractivity contribution is -0.424. The number of nitriles is 1. The topological polar surface area (TPSA) is 71.5 Å². The Morgan fingerprint density at radius 1 is 1.50 bits per heavy atom. The number of nitrogens with two attached hydrogens (primary N) is 1. The van der Waals surface area contributed by atoms with Crippen LogP contribution in [0, 0.1) is 17.2 Å². The second-order valence-corrected chi connectivity index (χ2v) is 3.83. The summed E-state index contributed by atoms with van der Waals surface area (Å²) >= 11 is 0. The lowest BCUT2D eigenvalue weighted by Crippen LogP contribution is -2.57. The van der Waals surface area contributed by atoms with Gasteiger partial charge in [-0.1, -0.05) is 0 Å². The van der Waals surface area contributed by atoms with Gasteiger partial charge in [-0.3, -0.25) is 4.90 Å². The van der Waals surface area contributed by atoms with Crippen molar-refractivity contribution in [3.05, 3.63) is 0 Å². The SMILES string of the molecule is CC1OC(N2CCC(N)C(C#N)C2)O1. The fourth-order valence-electron chi connectivity index (χ4n) is 1.83. The van der Waals surface area contributed by atoms with Crippen molar-refractivity contribution in [2.75, 3.05) is 13.1 Å². The third kappa shape index (κ3) is 1.74. The van der Waals surface area contributed by atoms with E-state index in [4.69, 9.17) is 20.5 Å². The summed E-state index contributed by atoms with van der Waals surface area (Å²) in [7, 11) is 0. The van der Waals surface area contributed by atoms with Crippen LogP contribution in [0.4, 0.5) is 0 Å². The molecule has 2 saturated heterocycles. The number of nitrogens with zero attached hydrogens (tertiary/aromatic N) is 2. The zero-order valence-electron chi connectivity index (χ0n) is 8.22. The van der Waals surface area contributed by atoms with Gasteiger partial charge in [0.1, 0.15) is 0 Å². The van der Waals surface area contributed by atoms with E-state index in [0.717, 1.165) is 13.0 Å². The molecule has 0 aromatic carbocycles. The molecule has 0 bridgehead atoms. The minimum Gasteiger partial charge on any atom is -0.326 e. The highest BCUT2D eigenvalue weighted by molar-refractivity contribution is 4.96. The molecule has 2 heterocycles. The van der Waals surface area contributed by atoms with Crippen LogP contribution in [0.25, 0.3) is 0 Å². The van der Waals surface area contributed by atoms with Crippen molar-refractivity contribution in [1.82, 2.24) is 4.90 Å². The molecule has 2 aliphatic rings. The summed E-state index contributed by atoms with van der Waals surface area (Å²) in [5.41, 5.74) is 5.81. The molecule has 14 heavy (non-hydrogen) atoms. The Morgan fingerprint density at radius 2 is 2.21 bits per heavy atom. The Kier molecular flexibility index (Phi) is 2.70. The molecular weight excluding hydrogens is 182 g/mol. The minimum absolute atomic E-state index is 0.00579. The van der Waals surface area contributed by atoms with Gasteiger partial charge in [0.25, 0.3) is 0 Å². The average Bonchev–Trinajstić information content (AvgIpc) is 2.14. The molecule has 0 aromatic heterocycles. The number of hydrogen-bond acceptors (Lipinski definition) is 5. The van der Waals surface area contributed by atoms with E-state index in [1.807, 2.05) is 11.8 Å². The van der Waals surface area contributed by atoms with Crippen LogP contribution in [-0.2, 0) is 9.47 Å². The number of likely N-dealkylation sites (tertiary alicyclic amines) is 1. The lowest BCUT2D eigenvalue weighted by Gasteiger charge is -2.44. The third-order valence-corrected chi connectivity index (χ3v) is 2.78. The Balaban J connectivity index is 1.87. The van der Waals surface area contributed by atoms with Crippen molar-refractivity contribution in [2.24, 2.45) is 11.7 Å². The molecule has 0 amide bonds. The van der Waals surface area contributed by atoms with Crippen LogP contribution in [-0.4, -0.2) is 36.7 Å². The first-order valence-electron chi connectivity index (χ1n) is 4.91. The minimum atomic E-state index is -0.256. The van der Waals surface area contributed by atoms with Crippen LogP contribution in [0.15, 0.2) is 0 Å². The first-order valence-corrected chi connectivity index (χ1v) is 4.91. The zero-order chi connectivity index (χ0) is 10.1. The number of rotatable bonds is 1. The Hall–Kier alpha value is -0.670. The van der Waals surface area contributed by atoms with Gasteiger partial charge >= 0.3 is 0 Å². The molecule has 0 spiro atoms. The highest BCUT2D eigenvalue weighted by Crippen LogP contribution is 2.24. The molecule has 2 fully saturated rings. The van der Waals surface area contributed by atoms with Gasteiger partial charge in [-0.25, -0.2) is 0 Å². The van der Waals surface area contributed by atoms with Gasteiger partial charge in [-0.05, 0) is 13.3 Å². The van der Waals surface area contributed by atoms with Crippen LogP contribution in [0.3, 0.4) is 0 Å². The van der Waals surface area contributed by atoms with Crippen molar-refractivity contribution in [3.63, 3.8) is 0 Å². The van der Waals surface area contributed by atoms with Crippen LogP contribution in [0.5, 0.6) is 0 Å². The first-order chi connectivity index (χ1) is 6.70. The molecule has 0 saturated carbocycles. The van der Waals surface area contributed by atoms with Crippen molar-refractivity contribution in [2.45, 2.75) is 32.1 Å². The molecule has 0 aliphatic carbocycles. The van der Waals surface area contributed by atoms with Crippen molar-refractivity contribution in [1.29, 1.82) is 5.26 Å². The third-order valence-electron chi connectivity index (χ3n) is 2.78. The maximum absolute atomic E-state index is 8.87. The highest BCUT2D eigenvalue weighted by atomic mass is 16.9. The van der Waals surface area contributed by atoms with E-state index in [0.29, 0.717) is 6.54 Å². The van der Waals surface area contributed by atoms with E-state index < -0.39 is 0 Å². The molecular formula is C9H15N3O2. The summed E-state index contributed by atoms with van der Waals surface area (Å²) in [6.45, 7) is 3.35. The predicted octanol–water partition coefficient (Wildman–Crippen LogP) is -0.164. The Labute approximate surface area is 83.4 Å². The highest BCUT2D eigenvalue weighted by Gasteiger charge is 2.37.